The normalized spacial score (nSPS) is 16.4. The lowest BCUT2D eigenvalue weighted by molar-refractivity contribution is -0.129. The number of hydrazone groups is 1. The van der Waals surface area contributed by atoms with E-state index in [1.165, 1.54) is 59.8 Å². The van der Waals surface area contributed by atoms with Crippen molar-refractivity contribution in [2.75, 3.05) is 4.90 Å². The number of benzene rings is 2. The van der Waals surface area contributed by atoms with E-state index in [2.05, 4.69) is 5.10 Å². The lowest BCUT2D eigenvalue weighted by atomic mass is 10.2. The summed E-state index contributed by atoms with van der Waals surface area (Å²) in [5, 5.41) is 5.95. The van der Waals surface area contributed by atoms with Gasteiger partial charge in [0.25, 0.3) is 0 Å². The molecule has 0 fully saturated rings. The minimum Gasteiger partial charge on any atom is -0.274 e. The Balaban J connectivity index is 2.00. The van der Waals surface area contributed by atoms with Crippen molar-refractivity contribution in [3.63, 3.8) is 0 Å². The summed E-state index contributed by atoms with van der Waals surface area (Å²) >= 11 is 7.51. The highest BCUT2D eigenvalue weighted by Crippen LogP contribution is 2.43. The average Bonchev–Trinajstić information content (AvgIpc) is 3.02. The van der Waals surface area contributed by atoms with Crippen molar-refractivity contribution in [2.24, 2.45) is 5.10 Å². The second-order valence-corrected chi connectivity index (χ2v) is 7.02. The first-order valence-electron chi connectivity index (χ1n) is 7.74. The van der Waals surface area contributed by atoms with Crippen LogP contribution in [0.4, 0.5) is 10.1 Å². The number of carbonyl (C=O) groups is 2. The van der Waals surface area contributed by atoms with Gasteiger partial charge in [-0.25, -0.2) is 9.40 Å². The summed E-state index contributed by atoms with van der Waals surface area (Å²) in [6.07, 6.45) is 0. The highest BCUT2D eigenvalue weighted by Gasteiger charge is 2.36. The summed E-state index contributed by atoms with van der Waals surface area (Å²) in [4.78, 5) is 25.6. The maximum absolute atomic E-state index is 13.2. The summed E-state index contributed by atoms with van der Waals surface area (Å²) in [5.41, 5.74) is 1.18. The van der Waals surface area contributed by atoms with E-state index < -0.39 is 11.2 Å². The van der Waals surface area contributed by atoms with Crippen molar-refractivity contribution in [3.05, 3.63) is 64.9 Å². The molecule has 2 amide bonds. The van der Waals surface area contributed by atoms with Gasteiger partial charge in [-0.2, -0.15) is 0 Å². The molecule has 1 aliphatic heterocycles. The molecular weight excluding hydrogens is 377 g/mol. The predicted octanol–water partition coefficient (Wildman–Crippen LogP) is 4.40. The van der Waals surface area contributed by atoms with Crippen molar-refractivity contribution in [2.45, 2.75) is 19.2 Å². The van der Waals surface area contributed by atoms with Gasteiger partial charge in [0.15, 0.2) is 5.17 Å². The van der Waals surface area contributed by atoms with Crippen molar-refractivity contribution >= 4 is 46.0 Å². The van der Waals surface area contributed by atoms with E-state index in [4.69, 9.17) is 11.6 Å². The zero-order valence-electron chi connectivity index (χ0n) is 14.0. The summed E-state index contributed by atoms with van der Waals surface area (Å²) in [7, 11) is 0. The number of anilines is 1. The van der Waals surface area contributed by atoms with E-state index in [1.54, 1.807) is 12.1 Å². The van der Waals surface area contributed by atoms with E-state index in [0.717, 1.165) is 5.56 Å². The second-order valence-electron chi connectivity index (χ2n) is 5.57. The van der Waals surface area contributed by atoms with Crippen LogP contribution in [-0.4, -0.2) is 22.0 Å². The van der Waals surface area contributed by atoms with Gasteiger partial charge >= 0.3 is 0 Å². The quantitative estimate of drug-likeness (QED) is 0.762. The molecule has 3 rings (SSSR count). The highest BCUT2D eigenvalue weighted by atomic mass is 35.5. The van der Waals surface area contributed by atoms with Gasteiger partial charge in [0.2, 0.25) is 11.8 Å². The van der Waals surface area contributed by atoms with E-state index >= 15 is 0 Å². The first-order valence-corrected chi connectivity index (χ1v) is 9.00. The van der Waals surface area contributed by atoms with Crippen LogP contribution in [0.2, 0.25) is 5.02 Å². The second kappa shape index (κ2) is 7.47. The molecule has 2 aromatic rings. The van der Waals surface area contributed by atoms with Crippen LogP contribution in [-0.2, 0) is 9.59 Å². The minimum absolute atomic E-state index is 0.278. The number of amidine groups is 1. The molecule has 0 aliphatic carbocycles. The summed E-state index contributed by atoms with van der Waals surface area (Å²) < 4.78 is 13.2. The Kier molecular flexibility index (Phi) is 5.29. The van der Waals surface area contributed by atoms with Crippen LogP contribution >= 0.6 is 23.4 Å². The topological polar surface area (TPSA) is 53.0 Å². The number of nitrogens with zero attached hydrogens (tertiary/aromatic N) is 3. The van der Waals surface area contributed by atoms with E-state index in [0.29, 0.717) is 15.9 Å². The maximum Gasteiger partial charge on any atom is 0.241 e. The molecule has 0 spiro atoms. The van der Waals surface area contributed by atoms with Gasteiger partial charge in [0, 0.05) is 24.4 Å². The van der Waals surface area contributed by atoms with Crippen molar-refractivity contribution in [1.29, 1.82) is 0 Å². The standard InChI is InChI=1S/C18H15ClFN3O2S/c1-11(24)22(14-9-7-13(20)8-10-14)18-21-23(12(2)25)17(26-18)15-5-3-4-6-16(15)19/h3-10,17H,1-2H3. The van der Waals surface area contributed by atoms with Crippen LogP contribution < -0.4 is 4.90 Å². The lowest BCUT2D eigenvalue weighted by Crippen LogP contribution is -2.32. The highest BCUT2D eigenvalue weighted by molar-refractivity contribution is 8.14. The van der Waals surface area contributed by atoms with Crippen LogP contribution in [0, 0.1) is 5.82 Å². The molecular formula is C18H15ClFN3O2S. The summed E-state index contributed by atoms with van der Waals surface area (Å²) in [6, 6.07) is 12.7. The van der Waals surface area contributed by atoms with Crippen molar-refractivity contribution < 1.29 is 14.0 Å². The Labute approximate surface area is 159 Å². The molecule has 0 radical (unpaired) electrons. The van der Waals surface area contributed by atoms with E-state index in [1.807, 2.05) is 12.1 Å². The fourth-order valence-corrected chi connectivity index (χ4v) is 4.14. The monoisotopic (exact) mass is 391 g/mol. The predicted molar refractivity (Wildman–Crippen MR) is 101 cm³/mol. The third-order valence-electron chi connectivity index (χ3n) is 3.72. The molecule has 0 aromatic heterocycles. The Morgan fingerprint density at radius 1 is 1.15 bits per heavy atom. The first kappa shape index (κ1) is 18.4. The zero-order valence-corrected chi connectivity index (χ0v) is 15.6. The number of halogens is 2. The lowest BCUT2D eigenvalue weighted by Gasteiger charge is -2.21. The molecule has 0 bridgehead atoms. The third kappa shape index (κ3) is 3.59. The smallest absolute Gasteiger partial charge is 0.241 e. The number of thioether (sulfide) groups is 1. The molecule has 1 heterocycles. The molecule has 1 aliphatic rings. The van der Waals surface area contributed by atoms with Gasteiger partial charge in [0.05, 0.1) is 5.69 Å². The van der Waals surface area contributed by atoms with E-state index in [9.17, 15) is 14.0 Å². The first-order chi connectivity index (χ1) is 12.4. The fourth-order valence-electron chi connectivity index (χ4n) is 2.54. The van der Waals surface area contributed by atoms with Crippen molar-refractivity contribution in [3.8, 4) is 0 Å². The SMILES string of the molecule is CC(=O)N(C1=NN(C(C)=O)C(c2ccccc2Cl)S1)c1ccc(F)cc1. The molecule has 0 saturated heterocycles. The van der Waals surface area contributed by atoms with Crippen LogP contribution in [0.5, 0.6) is 0 Å². The van der Waals surface area contributed by atoms with Crippen LogP contribution in [0.15, 0.2) is 53.6 Å². The maximum atomic E-state index is 13.2. The molecule has 0 saturated carbocycles. The zero-order chi connectivity index (χ0) is 18.8. The molecule has 1 unspecified atom stereocenters. The number of hydrogen-bond donors (Lipinski definition) is 0. The minimum atomic E-state index is -0.488. The van der Waals surface area contributed by atoms with Gasteiger partial charge in [-0.15, -0.1) is 5.10 Å². The third-order valence-corrected chi connectivity index (χ3v) is 5.21. The Hall–Kier alpha value is -2.38. The van der Waals surface area contributed by atoms with Crippen LogP contribution in [0.25, 0.3) is 0 Å². The number of carbonyl (C=O) groups excluding carboxylic acids is 2. The Bertz CT molecular complexity index is 888. The average molecular weight is 392 g/mol. The van der Waals surface area contributed by atoms with Gasteiger partial charge in [-0.3, -0.25) is 14.5 Å². The molecule has 8 heteroatoms. The molecule has 1 atom stereocenters. The van der Waals surface area contributed by atoms with Gasteiger partial charge in [0.1, 0.15) is 11.2 Å². The van der Waals surface area contributed by atoms with Crippen LogP contribution in [0.1, 0.15) is 24.8 Å². The summed E-state index contributed by atoms with van der Waals surface area (Å²) in [6.45, 7) is 2.78. The fraction of sp³-hybridized carbons (Fsp3) is 0.167. The van der Waals surface area contributed by atoms with Gasteiger partial charge in [-0.05, 0) is 30.3 Å². The number of hydrogen-bond acceptors (Lipinski definition) is 4. The van der Waals surface area contributed by atoms with Crippen molar-refractivity contribution in [1.82, 2.24) is 5.01 Å². The van der Waals surface area contributed by atoms with Gasteiger partial charge < -0.3 is 0 Å². The Morgan fingerprint density at radius 2 is 1.81 bits per heavy atom. The number of amides is 2. The molecule has 134 valence electrons. The molecule has 5 nitrogen and oxygen atoms in total. The molecule has 0 N–H and O–H groups in total. The molecule has 26 heavy (non-hydrogen) atoms. The number of rotatable bonds is 2. The van der Waals surface area contributed by atoms with E-state index in [-0.39, 0.29) is 11.8 Å². The Morgan fingerprint density at radius 3 is 2.38 bits per heavy atom. The summed E-state index contributed by atoms with van der Waals surface area (Å²) in [5.74, 6) is -0.983. The molecule has 2 aromatic carbocycles. The van der Waals surface area contributed by atoms with Crippen LogP contribution in [0.3, 0.4) is 0 Å². The van der Waals surface area contributed by atoms with Gasteiger partial charge in [-0.1, -0.05) is 41.6 Å². The largest absolute Gasteiger partial charge is 0.274 e.